The minimum absolute atomic E-state index is 0. The second-order valence-corrected chi connectivity index (χ2v) is 12.2. The SMILES string of the molecule is C.C=C1C[C@H]2C=Nc3cc(OCCCOc4cc5c(cc4OC)C(=O)N4CC(=C)C[C@H]4C(O)N5C(C)C)c(OC)cc3C(=O)N2C1. The summed E-state index contributed by atoms with van der Waals surface area (Å²) in [6, 6.07) is 6.33. The number of hydrogen-bond acceptors (Lipinski definition) is 9. The molecule has 46 heavy (non-hydrogen) atoms. The fourth-order valence-corrected chi connectivity index (χ4v) is 6.62. The maximum atomic E-state index is 13.6. The number of fused-ring (bicyclic) bond motifs is 4. The fraction of sp³-hybridized carbons (Fsp3) is 0.457. The van der Waals surface area contributed by atoms with Gasteiger partial charge in [-0.1, -0.05) is 31.7 Å². The van der Waals surface area contributed by atoms with E-state index in [9.17, 15) is 14.7 Å². The van der Waals surface area contributed by atoms with Crippen LogP contribution in [0.25, 0.3) is 0 Å². The van der Waals surface area contributed by atoms with Crippen LogP contribution in [0, 0.1) is 0 Å². The normalized spacial score (nSPS) is 21.7. The number of anilines is 1. The van der Waals surface area contributed by atoms with Gasteiger partial charge >= 0.3 is 0 Å². The first kappa shape index (κ1) is 32.9. The summed E-state index contributed by atoms with van der Waals surface area (Å²) in [4.78, 5) is 36.8. The summed E-state index contributed by atoms with van der Waals surface area (Å²) in [6.07, 6.45) is 2.69. The van der Waals surface area contributed by atoms with Gasteiger partial charge in [-0.2, -0.15) is 0 Å². The number of ether oxygens (including phenoxy) is 4. The molecule has 2 amide bonds. The Morgan fingerprint density at radius 2 is 1.46 bits per heavy atom. The van der Waals surface area contributed by atoms with Crippen molar-refractivity contribution in [1.29, 1.82) is 0 Å². The van der Waals surface area contributed by atoms with Crippen LogP contribution in [0.4, 0.5) is 11.4 Å². The lowest BCUT2D eigenvalue weighted by atomic mass is 10.1. The minimum Gasteiger partial charge on any atom is -0.493 e. The maximum Gasteiger partial charge on any atom is 0.257 e. The first-order valence-electron chi connectivity index (χ1n) is 15.3. The highest BCUT2D eigenvalue weighted by Gasteiger charge is 2.44. The highest BCUT2D eigenvalue weighted by atomic mass is 16.5. The van der Waals surface area contributed by atoms with Gasteiger partial charge in [-0.15, -0.1) is 0 Å². The Kier molecular flexibility index (Phi) is 9.34. The predicted octanol–water partition coefficient (Wildman–Crippen LogP) is 4.99. The van der Waals surface area contributed by atoms with Gasteiger partial charge in [0.15, 0.2) is 23.0 Å². The molecular formula is C35H44N4O7. The summed E-state index contributed by atoms with van der Waals surface area (Å²) in [5.41, 5.74) is 3.99. The monoisotopic (exact) mass is 632 g/mol. The third-order valence-electron chi connectivity index (χ3n) is 8.78. The maximum absolute atomic E-state index is 13.6. The summed E-state index contributed by atoms with van der Waals surface area (Å²) in [5.74, 6) is 1.56. The van der Waals surface area contributed by atoms with Crippen LogP contribution in [0.15, 0.2) is 53.6 Å². The smallest absolute Gasteiger partial charge is 0.257 e. The largest absolute Gasteiger partial charge is 0.493 e. The molecule has 6 rings (SSSR count). The van der Waals surface area contributed by atoms with Gasteiger partial charge < -0.3 is 38.8 Å². The topological polar surface area (TPSA) is 113 Å². The van der Waals surface area contributed by atoms with E-state index in [4.69, 9.17) is 18.9 Å². The van der Waals surface area contributed by atoms with Crippen molar-refractivity contribution in [3.63, 3.8) is 0 Å². The average Bonchev–Trinajstić information content (AvgIpc) is 3.55. The van der Waals surface area contributed by atoms with Crippen LogP contribution in [0.5, 0.6) is 23.0 Å². The Morgan fingerprint density at radius 1 is 0.870 bits per heavy atom. The van der Waals surface area contributed by atoms with Crippen molar-refractivity contribution in [2.45, 2.75) is 64.9 Å². The first-order valence-corrected chi connectivity index (χ1v) is 15.3. The lowest BCUT2D eigenvalue weighted by Crippen LogP contribution is -2.50. The average molecular weight is 633 g/mol. The van der Waals surface area contributed by atoms with Gasteiger partial charge in [-0.05, 0) is 38.8 Å². The van der Waals surface area contributed by atoms with E-state index in [-0.39, 0.29) is 37.4 Å². The van der Waals surface area contributed by atoms with E-state index >= 15 is 0 Å². The second kappa shape index (κ2) is 13.1. The molecule has 2 aromatic rings. The van der Waals surface area contributed by atoms with Crippen molar-refractivity contribution in [2.75, 3.05) is 45.4 Å². The van der Waals surface area contributed by atoms with Crippen molar-refractivity contribution < 1.29 is 33.6 Å². The van der Waals surface area contributed by atoms with E-state index in [0.29, 0.717) is 91.1 Å². The summed E-state index contributed by atoms with van der Waals surface area (Å²) < 4.78 is 23.4. The van der Waals surface area contributed by atoms with Crippen LogP contribution >= 0.6 is 0 Å². The van der Waals surface area contributed by atoms with Crippen molar-refractivity contribution in [3.05, 3.63) is 59.7 Å². The number of benzene rings is 2. The molecule has 0 saturated carbocycles. The van der Waals surface area contributed by atoms with E-state index in [1.165, 1.54) is 14.2 Å². The summed E-state index contributed by atoms with van der Waals surface area (Å²) in [6.45, 7) is 13.6. The molecule has 0 radical (unpaired) electrons. The van der Waals surface area contributed by atoms with E-state index in [1.807, 2.05) is 18.7 Å². The first-order chi connectivity index (χ1) is 21.6. The molecule has 0 spiro atoms. The number of methoxy groups -OCH3 is 2. The van der Waals surface area contributed by atoms with Crippen LogP contribution < -0.4 is 23.8 Å². The van der Waals surface area contributed by atoms with Crippen LogP contribution in [0.1, 0.15) is 61.3 Å². The zero-order valence-corrected chi connectivity index (χ0v) is 26.2. The van der Waals surface area contributed by atoms with Gasteiger partial charge in [-0.25, -0.2) is 0 Å². The predicted molar refractivity (Wildman–Crippen MR) is 177 cm³/mol. The lowest BCUT2D eigenvalue weighted by molar-refractivity contribution is 0.0497. The van der Waals surface area contributed by atoms with E-state index in [0.717, 1.165) is 11.1 Å². The molecular weight excluding hydrogens is 588 g/mol. The summed E-state index contributed by atoms with van der Waals surface area (Å²) in [5, 5.41) is 11.4. The molecule has 11 nitrogen and oxygen atoms in total. The number of carbonyl (C=O) groups excluding carboxylic acids is 2. The van der Waals surface area contributed by atoms with Crippen LogP contribution in [-0.4, -0.2) is 97.8 Å². The number of nitrogens with zero attached hydrogens (tertiary/aromatic N) is 4. The third-order valence-corrected chi connectivity index (χ3v) is 8.78. The van der Waals surface area contributed by atoms with Gasteiger partial charge in [0.1, 0.15) is 6.23 Å². The molecule has 11 heteroatoms. The molecule has 4 heterocycles. The summed E-state index contributed by atoms with van der Waals surface area (Å²) in [7, 11) is 3.07. The Balaban J connectivity index is 0.00000417. The number of amides is 2. The van der Waals surface area contributed by atoms with Crippen LogP contribution in [0.3, 0.4) is 0 Å². The Morgan fingerprint density at radius 3 is 2.11 bits per heavy atom. The number of aliphatic hydroxyl groups excluding tert-OH is 1. The van der Waals surface area contributed by atoms with Gasteiger partial charge in [0.25, 0.3) is 11.8 Å². The molecule has 246 valence electrons. The zero-order chi connectivity index (χ0) is 32.0. The van der Waals surface area contributed by atoms with Gasteiger partial charge in [-0.3, -0.25) is 14.6 Å². The minimum atomic E-state index is -0.893. The second-order valence-electron chi connectivity index (χ2n) is 12.2. The lowest BCUT2D eigenvalue weighted by Gasteiger charge is -2.36. The van der Waals surface area contributed by atoms with Gasteiger partial charge in [0, 0.05) is 43.9 Å². The number of hydrogen-bond donors (Lipinski definition) is 1. The molecule has 0 aromatic heterocycles. The number of carbonyl (C=O) groups is 2. The van der Waals surface area contributed by atoms with E-state index in [2.05, 4.69) is 18.2 Å². The number of aliphatic hydroxyl groups is 1. The number of rotatable bonds is 9. The van der Waals surface area contributed by atoms with E-state index in [1.54, 1.807) is 40.3 Å². The van der Waals surface area contributed by atoms with Crippen molar-refractivity contribution in [3.8, 4) is 23.0 Å². The summed E-state index contributed by atoms with van der Waals surface area (Å²) >= 11 is 0. The molecule has 1 unspecified atom stereocenters. The van der Waals surface area contributed by atoms with Crippen molar-refractivity contribution in [1.82, 2.24) is 9.80 Å². The van der Waals surface area contributed by atoms with Crippen LogP contribution in [-0.2, 0) is 0 Å². The van der Waals surface area contributed by atoms with Gasteiger partial charge in [0.2, 0.25) is 0 Å². The van der Waals surface area contributed by atoms with E-state index < -0.39 is 6.23 Å². The van der Waals surface area contributed by atoms with Crippen molar-refractivity contribution in [2.24, 2.45) is 4.99 Å². The standard InChI is InChI=1S/C34H40N4O7.CH4/c1-19(2)38-26-15-31(29(43-6)13-24(26)33(40)37-18-21(4)11-27(37)34(38)41)45-9-7-8-44-30-14-25-23(12-28(30)42-5)32(39)36-17-20(3)10-22(36)16-35-25;/h12-16,19,22,27,34,41H,3-4,7-11,17-18H2,1-2,5-6H3;1H4/t22-,27-,34?;/m0./s1. The molecule has 1 N–H and O–H groups in total. The third kappa shape index (κ3) is 5.79. The Hall–Kier alpha value is -4.51. The molecule has 4 aliphatic rings. The molecule has 2 aromatic carbocycles. The van der Waals surface area contributed by atoms with Gasteiger partial charge in [0.05, 0.1) is 62.0 Å². The Labute approximate surface area is 270 Å². The zero-order valence-electron chi connectivity index (χ0n) is 26.2. The molecule has 4 aliphatic heterocycles. The quantitative estimate of drug-likeness (QED) is 0.304. The highest BCUT2D eigenvalue weighted by molar-refractivity contribution is 6.04. The fourth-order valence-electron chi connectivity index (χ4n) is 6.62. The molecule has 2 saturated heterocycles. The molecule has 0 aliphatic carbocycles. The Bertz CT molecular complexity index is 1590. The van der Waals surface area contributed by atoms with Crippen LogP contribution in [0.2, 0.25) is 0 Å². The molecule has 0 bridgehead atoms. The molecule has 3 atom stereocenters. The molecule has 2 fully saturated rings. The van der Waals surface area contributed by atoms with Crippen molar-refractivity contribution >= 4 is 29.4 Å². The number of aliphatic imine (C=N–C) groups is 1. The highest BCUT2D eigenvalue weighted by Crippen LogP contribution is 2.43.